The van der Waals surface area contributed by atoms with Gasteiger partial charge in [-0.1, -0.05) is 12.1 Å². The van der Waals surface area contributed by atoms with E-state index < -0.39 is 0 Å². The molecule has 0 amide bonds. The summed E-state index contributed by atoms with van der Waals surface area (Å²) in [4.78, 5) is 13.6. The smallest absolute Gasteiger partial charge is 0.250 e. The molecule has 0 saturated carbocycles. The molecule has 1 aromatic carbocycles. The SMILES string of the molecule is CN1CCc2cc(CNc3ccc(=O)n(C)c3)ccc21. The quantitative estimate of drug-likeness (QED) is 0.926. The van der Waals surface area contributed by atoms with Gasteiger partial charge in [0.05, 0.1) is 5.69 Å². The van der Waals surface area contributed by atoms with Crippen LogP contribution in [0.3, 0.4) is 0 Å². The van der Waals surface area contributed by atoms with Crippen LogP contribution in [-0.2, 0) is 20.0 Å². The molecule has 4 heteroatoms. The van der Waals surface area contributed by atoms with E-state index in [1.54, 1.807) is 17.7 Å². The van der Waals surface area contributed by atoms with Gasteiger partial charge < -0.3 is 14.8 Å². The Morgan fingerprint density at radius 2 is 2.05 bits per heavy atom. The van der Waals surface area contributed by atoms with Gasteiger partial charge in [0.15, 0.2) is 0 Å². The molecule has 20 heavy (non-hydrogen) atoms. The molecule has 1 aromatic heterocycles. The molecule has 2 aromatic rings. The molecule has 0 saturated heterocycles. The van der Waals surface area contributed by atoms with Gasteiger partial charge in [0, 0.05) is 45.1 Å². The number of hydrogen-bond donors (Lipinski definition) is 1. The Morgan fingerprint density at radius 3 is 2.85 bits per heavy atom. The molecule has 3 rings (SSSR count). The molecule has 0 bridgehead atoms. The first-order valence-corrected chi connectivity index (χ1v) is 6.87. The van der Waals surface area contributed by atoms with E-state index in [9.17, 15) is 4.79 Å². The van der Waals surface area contributed by atoms with Gasteiger partial charge in [-0.15, -0.1) is 0 Å². The van der Waals surface area contributed by atoms with Gasteiger partial charge in [0.25, 0.3) is 0 Å². The molecule has 1 N–H and O–H groups in total. The van der Waals surface area contributed by atoms with Gasteiger partial charge in [0.2, 0.25) is 5.56 Å². The van der Waals surface area contributed by atoms with Crippen LogP contribution in [0, 0.1) is 0 Å². The molecule has 1 aliphatic rings. The van der Waals surface area contributed by atoms with E-state index in [0.717, 1.165) is 25.2 Å². The van der Waals surface area contributed by atoms with E-state index >= 15 is 0 Å². The number of nitrogens with zero attached hydrogens (tertiary/aromatic N) is 2. The highest BCUT2D eigenvalue weighted by atomic mass is 16.1. The van der Waals surface area contributed by atoms with Gasteiger partial charge in [-0.25, -0.2) is 0 Å². The fourth-order valence-corrected chi connectivity index (χ4v) is 2.63. The first-order valence-electron chi connectivity index (χ1n) is 6.87. The van der Waals surface area contributed by atoms with Crippen LogP contribution < -0.4 is 15.8 Å². The Balaban J connectivity index is 1.72. The van der Waals surface area contributed by atoms with E-state index in [4.69, 9.17) is 0 Å². The van der Waals surface area contributed by atoms with Gasteiger partial charge in [-0.3, -0.25) is 4.79 Å². The number of nitrogens with one attached hydrogen (secondary N) is 1. The zero-order valence-electron chi connectivity index (χ0n) is 11.9. The minimum absolute atomic E-state index is 0.0103. The number of rotatable bonds is 3. The largest absolute Gasteiger partial charge is 0.380 e. The number of benzene rings is 1. The fraction of sp³-hybridized carbons (Fsp3) is 0.312. The van der Waals surface area contributed by atoms with Gasteiger partial charge in [0.1, 0.15) is 0 Å². The van der Waals surface area contributed by atoms with Crippen molar-refractivity contribution in [3.63, 3.8) is 0 Å². The summed E-state index contributed by atoms with van der Waals surface area (Å²) >= 11 is 0. The number of anilines is 2. The van der Waals surface area contributed by atoms with E-state index in [1.807, 2.05) is 12.3 Å². The second-order valence-corrected chi connectivity index (χ2v) is 5.36. The first kappa shape index (κ1) is 12.8. The number of aromatic nitrogens is 1. The second kappa shape index (κ2) is 5.04. The number of fused-ring (bicyclic) bond motifs is 1. The van der Waals surface area contributed by atoms with Crippen LogP contribution in [0.15, 0.2) is 41.3 Å². The molecule has 0 aliphatic carbocycles. The third-order valence-corrected chi connectivity index (χ3v) is 3.85. The lowest BCUT2D eigenvalue weighted by Gasteiger charge is -2.13. The van der Waals surface area contributed by atoms with Crippen molar-refractivity contribution in [1.82, 2.24) is 4.57 Å². The molecule has 4 nitrogen and oxygen atoms in total. The average Bonchev–Trinajstić information content (AvgIpc) is 2.81. The normalized spacial score (nSPS) is 13.4. The Hall–Kier alpha value is -2.23. The van der Waals surface area contributed by atoms with Gasteiger partial charge in [-0.2, -0.15) is 0 Å². The van der Waals surface area contributed by atoms with E-state index in [2.05, 4.69) is 35.5 Å². The summed E-state index contributed by atoms with van der Waals surface area (Å²) in [5, 5.41) is 3.36. The predicted octanol–water partition coefficient (Wildman–Crippen LogP) is 1.99. The topological polar surface area (TPSA) is 37.3 Å². The Bertz CT molecular complexity index is 690. The van der Waals surface area contributed by atoms with Crippen molar-refractivity contribution in [2.75, 3.05) is 23.8 Å². The van der Waals surface area contributed by atoms with Crippen LogP contribution in [0.2, 0.25) is 0 Å². The monoisotopic (exact) mass is 269 g/mol. The van der Waals surface area contributed by atoms with Gasteiger partial charge in [-0.05, 0) is 29.7 Å². The van der Waals surface area contributed by atoms with E-state index in [1.165, 1.54) is 16.8 Å². The zero-order valence-corrected chi connectivity index (χ0v) is 11.9. The minimum atomic E-state index is 0.0103. The second-order valence-electron chi connectivity index (χ2n) is 5.36. The fourth-order valence-electron chi connectivity index (χ4n) is 2.63. The lowest BCUT2D eigenvalue weighted by Crippen LogP contribution is -2.15. The molecular formula is C16H19N3O. The van der Waals surface area contributed by atoms with Crippen molar-refractivity contribution < 1.29 is 0 Å². The van der Waals surface area contributed by atoms with Crippen molar-refractivity contribution >= 4 is 11.4 Å². The molecular weight excluding hydrogens is 250 g/mol. The first-order chi connectivity index (χ1) is 9.63. The molecule has 1 aliphatic heterocycles. The summed E-state index contributed by atoms with van der Waals surface area (Å²) in [6.07, 6.45) is 2.95. The summed E-state index contributed by atoms with van der Waals surface area (Å²) in [6, 6.07) is 10.0. The van der Waals surface area contributed by atoms with Crippen molar-refractivity contribution in [3.8, 4) is 0 Å². The highest BCUT2D eigenvalue weighted by Gasteiger charge is 2.15. The maximum absolute atomic E-state index is 11.3. The van der Waals surface area contributed by atoms with E-state index in [-0.39, 0.29) is 5.56 Å². The van der Waals surface area contributed by atoms with Crippen LogP contribution in [-0.4, -0.2) is 18.2 Å². The summed E-state index contributed by atoms with van der Waals surface area (Å²) in [5.41, 5.74) is 5.01. The maximum atomic E-state index is 11.3. The Morgan fingerprint density at radius 1 is 1.20 bits per heavy atom. The van der Waals surface area contributed by atoms with E-state index in [0.29, 0.717) is 0 Å². The van der Waals surface area contributed by atoms with Crippen molar-refractivity contribution in [2.45, 2.75) is 13.0 Å². The summed E-state index contributed by atoms with van der Waals surface area (Å²) in [7, 11) is 3.90. The standard InChI is InChI=1S/C16H19N3O/c1-18-8-7-13-9-12(3-5-15(13)18)10-17-14-4-6-16(20)19(2)11-14/h3-6,9,11,17H,7-8,10H2,1-2H3. The molecule has 2 heterocycles. The number of pyridine rings is 1. The average molecular weight is 269 g/mol. The minimum Gasteiger partial charge on any atom is -0.380 e. The predicted molar refractivity (Wildman–Crippen MR) is 82.4 cm³/mol. The molecule has 0 spiro atoms. The Labute approximate surface area is 118 Å². The number of aryl methyl sites for hydroxylation is 1. The third-order valence-electron chi connectivity index (χ3n) is 3.85. The zero-order chi connectivity index (χ0) is 14.1. The molecule has 0 radical (unpaired) electrons. The molecule has 0 fully saturated rings. The van der Waals surface area contributed by atoms with Crippen molar-refractivity contribution in [1.29, 1.82) is 0 Å². The lowest BCUT2D eigenvalue weighted by atomic mass is 10.1. The highest BCUT2D eigenvalue weighted by molar-refractivity contribution is 5.58. The van der Waals surface area contributed by atoms with Gasteiger partial charge >= 0.3 is 0 Å². The lowest BCUT2D eigenvalue weighted by molar-refractivity contribution is 0.859. The summed E-state index contributed by atoms with van der Waals surface area (Å²) in [6.45, 7) is 1.88. The summed E-state index contributed by atoms with van der Waals surface area (Å²) < 4.78 is 1.58. The maximum Gasteiger partial charge on any atom is 0.250 e. The van der Waals surface area contributed by atoms with Crippen molar-refractivity contribution in [3.05, 3.63) is 58.0 Å². The molecule has 0 unspecified atom stereocenters. The van der Waals surface area contributed by atoms with Crippen LogP contribution in [0.1, 0.15) is 11.1 Å². The highest BCUT2D eigenvalue weighted by Crippen LogP contribution is 2.27. The Kier molecular flexibility index (Phi) is 3.22. The molecule has 0 atom stereocenters. The van der Waals surface area contributed by atoms with Crippen LogP contribution in [0.4, 0.5) is 11.4 Å². The van der Waals surface area contributed by atoms with Crippen LogP contribution in [0.25, 0.3) is 0 Å². The number of likely N-dealkylation sites (N-methyl/N-ethyl adjacent to an activating group) is 1. The van der Waals surface area contributed by atoms with Crippen LogP contribution in [0.5, 0.6) is 0 Å². The van der Waals surface area contributed by atoms with Crippen molar-refractivity contribution in [2.24, 2.45) is 7.05 Å². The molecule has 104 valence electrons. The van der Waals surface area contributed by atoms with Crippen LogP contribution >= 0.6 is 0 Å². The summed E-state index contributed by atoms with van der Waals surface area (Å²) in [5.74, 6) is 0. The third kappa shape index (κ3) is 2.41. The number of hydrogen-bond acceptors (Lipinski definition) is 3.